The van der Waals surface area contributed by atoms with Crippen molar-refractivity contribution < 1.29 is 26.7 Å². The zero-order valence-electron chi connectivity index (χ0n) is 22.3. The summed E-state index contributed by atoms with van der Waals surface area (Å²) >= 11 is 0. The van der Waals surface area contributed by atoms with Crippen LogP contribution in [0, 0.1) is 17.0 Å². The van der Waals surface area contributed by atoms with Crippen LogP contribution in [0.4, 0.5) is 44.7 Å². The zero-order valence-corrected chi connectivity index (χ0v) is 22.3. The van der Waals surface area contributed by atoms with E-state index in [0.29, 0.717) is 40.5 Å². The monoisotopic (exact) mass is 574 g/mol. The van der Waals surface area contributed by atoms with Gasteiger partial charge in [-0.15, -0.1) is 0 Å². The van der Waals surface area contributed by atoms with Crippen molar-refractivity contribution in [2.75, 3.05) is 47.2 Å². The number of hydrogen-bond acceptors (Lipinski definition) is 6. The lowest BCUT2D eigenvalue weighted by atomic mass is 10.0. The smallest absolute Gasteiger partial charge is 0.368 e. The Bertz CT molecular complexity index is 1580. The highest BCUT2D eigenvalue weighted by Crippen LogP contribution is 2.65. The highest BCUT2D eigenvalue weighted by atomic mass is 19.4. The van der Waals surface area contributed by atoms with Crippen molar-refractivity contribution in [3.8, 4) is 5.69 Å². The molecule has 13 heteroatoms. The molecule has 1 atom stereocenters. The van der Waals surface area contributed by atoms with E-state index in [9.17, 15) is 31.5 Å². The first-order valence-electron chi connectivity index (χ1n) is 13.2. The second-order valence-corrected chi connectivity index (χ2v) is 10.8. The molecule has 0 spiro atoms. The summed E-state index contributed by atoms with van der Waals surface area (Å²) in [6.07, 6.45) is -3.47. The van der Waals surface area contributed by atoms with Crippen LogP contribution < -0.4 is 25.6 Å². The maximum absolute atomic E-state index is 14.4. The summed E-state index contributed by atoms with van der Waals surface area (Å²) in [5.41, 5.74) is -1.53. The van der Waals surface area contributed by atoms with E-state index in [-0.39, 0.29) is 18.5 Å². The topological polar surface area (TPSA) is 73.7 Å². The first kappa shape index (κ1) is 27.0. The Morgan fingerprint density at radius 2 is 1.59 bits per heavy atom. The van der Waals surface area contributed by atoms with E-state index in [1.54, 1.807) is 36.0 Å². The summed E-state index contributed by atoms with van der Waals surface area (Å²) in [6.45, 7) is 1.31. The van der Waals surface area contributed by atoms with Crippen molar-refractivity contribution in [2.45, 2.75) is 38.0 Å². The number of carbonyl (C=O) groups excluding carboxylic acids is 1. The molecular weight excluding hydrogens is 547 g/mol. The van der Waals surface area contributed by atoms with Crippen LogP contribution in [0.25, 0.3) is 5.69 Å². The molecule has 1 N–H and O–H groups in total. The fraction of sp³-hybridized carbons (Fsp3) is 0.393. The van der Waals surface area contributed by atoms with Crippen LogP contribution in [0.5, 0.6) is 0 Å². The third-order valence-electron chi connectivity index (χ3n) is 8.30. The van der Waals surface area contributed by atoms with Crippen LogP contribution in [0.1, 0.15) is 36.2 Å². The molecule has 1 unspecified atom stereocenters. The van der Waals surface area contributed by atoms with Gasteiger partial charge in [0.15, 0.2) is 11.6 Å². The maximum atomic E-state index is 14.4. The normalized spacial score (nSPS) is 19.5. The molecule has 3 aromatic rings. The Hall–Kier alpha value is -4.16. The number of aromatic nitrogens is 2. The van der Waals surface area contributed by atoms with E-state index < -0.39 is 46.5 Å². The summed E-state index contributed by atoms with van der Waals surface area (Å²) in [4.78, 5) is 31.1. The number of nitrogens with zero attached hydrogens (tertiary/aromatic N) is 5. The largest absolute Gasteiger partial charge is 0.398 e. The Morgan fingerprint density at radius 3 is 2.20 bits per heavy atom. The summed E-state index contributed by atoms with van der Waals surface area (Å²) in [5, 5.41) is 6.70. The van der Waals surface area contributed by atoms with Crippen molar-refractivity contribution in [1.82, 2.24) is 9.78 Å². The number of para-hydroxylation sites is 1. The quantitative estimate of drug-likeness (QED) is 0.437. The molecule has 216 valence electrons. The highest BCUT2D eigenvalue weighted by Gasteiger charge is 2.70. The number of anilines is 4. The predicted octanol–water partition coefficient (Wildman–Crippen LogP) is 4.92. The molecule has 1 aromatic heterocycles. The second-order valence-electron chi connectivity index (χ2n) is 10.8. The number of hydrogen-bond donors (Lipinski definition) is 1. The average Bonchev–Trinajstić information content (AvgIpc) is 3.46. The number of carbonyl (C=O) groups is 1. The molecule has 0 bridgehead atoms. The van der Waals surface area contributed by atoms with Gasteiger partial charge in [0.1, 0.15) is 23.0 Å². The number of alkyl halides is 3. The van der Waals surface area contributed by atoms with Gasteiger partial charge >= 0.3 is 6.18 Å². The Kier molecular flexibility index (Phi) is 6.23. The van der Waals surface area contributed by atoms with E-state index in [4.69, 9.17) is 0 Å². The summed E-state index contributed by atoms with van der Waals surface area (Å²) < 4.78 is 71.8. The minimum absolute atomic E-state index is 0.0382. The molecule has 41 heavy (non-hydrogen) atoms. The summed E-state index contributed by atoms with van der Waals surface area (Å²) in [6, 6.07) is 8.52. The standard InChI is InChI=1S/C28H27F5N6O2/c1-36-20-10-8-18(34-25(41)19-9-11-21(40)39(35-19)22-16(29)6-5-7-17(22)30)23(38-14-3-4-15-38)24(20)37(2)26(36)27(12-13-27)28(31,32)33/h5-11,26H,3-4,12-15H2,1-2H3,(H,34,41). The van der Waals surface area contributed by atoms with Crippen molar-refractivity contribution >= 4 is 28.7 Å². The molecule has 3 aliphatic rings. The van der Waals surface area contributed by atoms with Gasteiger partial charge in [-0.1, -0.05) is 6.07 Å². The molecule has 2 aliphatic heterocycles. The molecule has 1 amide bonds. The van der Waals surface area contributed by atoms with Crippen molar-refractivity contribution in [3.63, 3.8) is 0 Å². The van der Waals surface area contributed by atoms with Gasteiger partial charge in [-0.05, 0) is 56.0 Å². The van der Waals surface area contributed by atoms with Crippen LogP contribution >= 0.6 is 0 Å². The van der Waals surface area contributed by atoms with Gasteiger partial charge in [-0.2, -0.15) is 23.0 Å². The zero-order chi connectivity index (χ0) is 29.3. The van der Waals surface area contributed by atoms with Crippen LogP contribution in [0.15, 0.2) is 47.3 Å². The number of rotatable bonds is 5. The van der Waals surface area contributed by atoms with Gasteiger partial charge in [-0.25, -0.2) is 8.78 Å². The minimum Gasteiger partial charge on any atom is -0.368 e. The fourth-order valence-electron chi connectivity index (χ4n) is 6.21. The Labute approximate surface area is 232 Å². The van der Waals surface area contributed by atoms with Gasteiger partial charge in [0.05, 0.1) is 22.7 Å². The average molecular weight is 575 g/mol. The molecule has 6 rings (SSSR count). The minimum atomic E-state index is -4.38. The van der Waals surface area contributed by atoms with Crippen LogP contribution in [0.2, 0.25) is 0 Å². The number of benzene rings is 2. The molecule has 2 aromatic carbocycles. The fourth-order valence-corrected chi connectivity index (χ4v) is 6.21. The molecule has 0 radical (unpaired) electrons. The first-order valence-corrected chi connectivity index (χ1v) is 13.2. The lowest BCUT2D eigenvalue weighted by Crippen LogP contribution is -2.52. The van der Waals surface area contributed by atoms with Gasteiger partial charge < -0.3 is 20.0 Å². The third kappa shape index (κ3) is 4.20. The summed E-state index contributed by atoms with van der Waals surface area (Å²) in [7, 11) is 3.30. The number of amides is 1. The molecule has 2 fully saturated rings. The number of halogens is 5. The van der Waals surface area contributed by atoms with E-state index in [1.807, 2.05) is 4.90 Å². The lowest BCUT2D eigenvalue weighted by molar-refractivity contribution is -0.192. The first-order chi connectivity index (χ1) is 19.4. The molecule has 1 saturated carbocycles. The third-order valence-corrected chi connectivity index (χ3v) is 8.30. The van der Waals surface area contributed by atoms with Gasteiger partial charge in [0, 0.05) is 33.3 Å². The van der Waals surface area contributed by atoms with Crippen LogP contribution in [-0.2, 0) is 0 Å². The van der Waals surface area contributed by atoms with Crippen molar-refractivity contribution in [2.24, 2.45) is 5.41 Å². The predicted molar refractivity (Wildman–Crippen MR) is 144 cm³/mol. The number of nitrogens with one attached hydrogen (secondary N) is 1. The van der Waals surface area contributed by atoms with E-state index in [2.05, 4.69) is 10.4 Å². The van der Waals surface area contributed by atoms with Gasteiger partial charge in [-0.3, -0.25) is 9.59 Å². The van der Waals surface area contributed by atoms with E-state index in [1.165, 1.54) is 0 Å². The van der Waals surface area contributed by atoms with Crippen LogP contribution in [-0.4, -0.2) is 55.2 Å². The lowest BCUT2D eigenvalue weighted by Gasteiger charge is -2.37. The molecule has 3 heterocycles. The Balaban J connectivity index is 1.39. The highest BCUT2D eigenvalue weighted by molar-refractivity contribution is 6.07. The maximum Gasteiger partial charge on any atom is 0.398 e. The van der Waals surface area contributed by atoms with Crippen molar-refractivity contribution in [1.29, 1.82) is 0 Å². The number of fused-ring (bicyclic) bond motifs is 1. The molecule has 1 saturated heterocycles. The van der Waals surface area contributed by atoms with Crippen molar-refractivity contribution in [3.05, 3.63) is 70.1 Å². The van der Waals surface area contributed by atoms with Gasteiger partial charge in [0.2, 0.25) is 0 Å². The molecular formula is C28H27F5N6O2. The second kappa shape index (κ2) is 9.45. The summed E-state index contributed by atoms with van der Waals surface area (Å²) in [5.74, 6) is -2.81. The Morgan fingerprint density at radius 1 is 0.927 bits per heavy atom. The van der Waals surface area contributed by atoms with E-state index >= 15 is 0 Å². The molecule has 8 nitrogen and oxygen atoms in total. The molecule has 1 aliphatic carbocycles. The van der Waals surface area contributed by atoms with E-state index in [0.717, 1.165) is 43.2 Å². The SMILES string of the molecule is CN1c2ccc(NC(=O)c3ccc(=O)n(-c4c(F)cccc4F)n3)c(N3CCCC3)c2N(C)C1C1(C(F)(F)F)CC1. The van der Waals surface area contributed by atoms with Gasteiger partial charge in [0.25, 0.3) is 11.5 Å². The van der Waals surface area contributed by atoms with Crippen LogP contribution in [0.3, 0.4) is 0 Å².